The predicted molar refractivity (Wildman–Crippen MR) is 130 cm³/mol. The lowest BCUT2D eigenvalue weighted by Crippen LogP contribution is -2.50. The molecule has 188 valence electrons. The lowest BCUT2D eigenvalue weighted by molar-refractivity contribution is -0.137. The Labute approximate surface area is 208 Å². The maximum atomic E-state index is 13.2. The fraction of sp³-hybridized carbons (Fsp3) is 0.360. The van der Waals surface area contributed by atoms with Crippen LogP contribution in [0.25, 0.3) is 11.4 Å². The van der Waals surface area contributed by atoms with Crippen molar-refractivity contribution < 1.29 is 23.5 Å². The van der Waals surface area contributed by atoms with Crippen molar-refractivity contribution in [2.75, 3.05) is 20.3 Å². The second kappa shape index (κ2) is 10.2. The number of carbonyl (C=O) groups is 1. The fourth-order valence-corrected chi connectivity index (χ4v) is 4.28. The van der Waals surface area contributed by atoms with Gasteiger partial charge in [-0.3, -0.25) is 9.80 Å². The third kappa shape index (κ3) is 4.69. The number of ether oxygens (including phenoxy) is 3. The van der Waals surface area contributed by atoms with Crippen LogP contribution in [0.5, 0.6) is 17.2 Å². The first-order chi connectivity index (χ1) is 17.6. The van der Waals surface area contributed by atoms with Crippen LogP contribution in [-0.2, 0) is 11.3 Å². The fourth-order valence-electron chi connectivity index (χ4n) is 4.28. The molecule has 1 N–H and O–H groups in total. The summed E-state index contributed by atoms with van der Waals surface area (Å²) in [6.45, 7) is 5.08. The Kier molecular flexibility index (Phi) is 6.72. The number of fused-ring (bicyclic) bond motifs is 1. The summed E-state index contributed by atoms with van der Waals surface area (Å²) in [5.41, 5.74) is 5.14. The van der Waals surface area contributed by atoms with E-state index in [9.17, 15) is 4.79 Å². The summed E-state index contributed by atoms with van der Waals surface area (Å²) in [5, 5.41) is 11.5. The van der Waals surface area contributed by atoms with Gasteiger partial charge in [-0.05, 0) is 56.2 Å². The van der Waals surface area contributed by atoms with E-state index < -0.39 is 0 Å². The summed E-state index contributed by atoms with van der Waals surface area (Å²) in [4.78, 5) is 17.6. The minimum Gasteiger partial charge on any atom is -0.494 e. The number of hydrazine groups is 1. The summed E-state index contributed by atoms with van der Waals surface area (Å²) < 4.78 is 21.9. The smallest absolute Gasteiger partial charge is 0.267 e. The zero-order valence-corrected chi connectivity index (χ0v) is 20.4. The normalized spacial score (nSPS) is 18.9. The molecule has 36 heavy (non-hydrogen) atoms. The molecule has 11 nitrogen and oxygen atoms in total. The first-order valence-electron chi connectivity index (χ1n) is 11.9. The number of hydrazone groups is 1. The standard InChI is InChI=1S/C25H28N6O5/c1-4-34-18-9-6-16(7-10-18)19-13-20-25(32)30(26-15-31(20)28-19)14-23-27-24(29-36-23)17-8-11-21(35-5-2)22(12-17)33-3/h6-12,15,19-20,28H,4-5,13-14H2,1-3H3. The van der Waals surface area contributed by atoms with Crippen molar-refractivity contribution in [1.29, 1.82) is 0 Å². The SMILES string of the molecule is CCOc1ccc(C2CC3C(=O)N(Cc4nc(-c5ccc(OCC)c(OC)c5)no4)N=CN3N2)cc1. The van der Waals surface area contributed by atoms with Gasteiger partial charge in [-0.15, -0.1) is 0 Å². The van der Waals surface area contributed by atoms with E-state index in [2.05, 4.69) is 20.7 Å². The molecule has 2 aliphatic heterocycles. The predicted octanol–water partition coefficient (Wildman–Crippen LogP) is 3.15. The molecule has 2 aliphatic rings. The molecular weight excluding hydrogens is 464 g/mol. The lowest BCUT2D eigenvalue weighted by atomic mass is 10.0. The van der Waals surface area contributed by atoms with E-state index in [1.165, 1.54) is 5.01 Å². The van der Waals surface area contributed by atoms with Crippen molar-refractivity contribution in [2.45, 2.75) is 38.9 Å². The maximum absolute atomic E-state index is 13.2. The Bertz CT molecular complexity index is 1240. The van der Waals surface area contributed by atoms with Crippen molar-refractivity contribution in [3.63, 3.8) is 0 Å². The second-order valence-corrected chi connectivity index (χ2v) is 8.28. The Morgan fingerprint density at radius 1 is 1.08 bits per heavy atom. The highest BCUT2D eigenvalue weighted by atomic mass is 16.5. The summed E-state index contributed by atoms with van der Waals surface area (Å²) >= 11 is 0. The minimum atomic E-state index is -0.378. The number of aromatic nitrogens is 2. The lowest BCUT2D eigenvalue weighted by Gasteiger charge is -2.29. The number of nitrogens with zero attached hydrogens (tertiary/aromatic N) is 5. The second-order valence-electron chi connectivity index (χ2n) is 8.28. The van der Waals surface area contributed by atoms with Gasteiger partial charge in [0, 0.05) is 5.56 Å². The Balaban J connectivity index is 1.25. The number of carbonyl (C=O) groups excluding carboxylic acids is 1. The topological polar surface area (TPSA) is 115 Å². The van der Waals surface area contributed by atoms with Crippen molar-refractivity contribution in [3.8, 4) is 28.6 Å². The molecule has 1 fully saturated rings. The third-order valence-corrected chi connectivity index (χ3v) is 6.02. The first-order valence-corrected chi connectivity index (χ1v) is 11.9. The molecule has 5 rings (SSSR count). The van der Waals surface area contributed by atoms with Gasteiger partial charge in [-0.1, -0.05) is 17.3 Å². The maximum Gasteiger partial charge on any atom is 0.267 e. The average molecular weight is 493 g/mol. The molecule has 3 heterocycles. The van der Waals surface area contributed by atoms with Crippen molar-refractivity contribution in [2.24, 2.45) is 5.10 Å². The zero-order chi connectivity index (χ0) is 25.1. The number of hydrogen-bond donors (Lipinski definition) is 1. The molecule has 11 heteroatoms. The highest BCUT2D eigenvalue weighted by Gasteiger charge is 2.41. The van der Waals surface area contributed by atoms with Gasteiger partial charge < -0.3 is 18.7 Å². The minimum absolute atomic E-state index is 0.00864. The van der Waals surface area contributed by atoms with Gasteiger partial charge in [-0.2, -0.15) is 10.1 Å². The molecule has 3 aromatic rings. The van der Waals surface area contributed by atoms with E-state index in [-0.39, 0.29) is 30.4 Å². The average Bonchev–Trinajstić information content (AvgIpc) is 3.55. The van der Waals surface area contributed by atoms with Gasteiger partial charge in [0.1, 0.15) is 24.7 Å². The van der Waals surface area contributed by atoms with Gasteiger partial charge in [0.05, 0.1) is 26.4 Å². The van der Waals surface area contributed by atoms with Gasteiger partial charge >= 0.3 is 0 Å². The van der Waals surface area contributed by atoms with Crippen LogP contribution < -0.4 is 19.6 Å². The molecule has 2 unspecified atom stereocenters. The van der Waals surface area contributed by atoms with Crippen LogP contribution in [0.1, 0.15) is 37.8 Å². The quantitative estimate of drug-likeness (QED) is 0.481. The number of nitrogens with one attached hydrogen (secondary N) is 1. The van der Waals surface area contributed by atoms with E-state index >= 15 is 0 Å². The molecule has 0 spiro atoms. The van der Waals surface area contributed by atoms with E-state index in [1.807, 2.05) is 44.2 Å². The van der Waals surface area contributed by atoms with Crippen molar-refractivity contribution >= 4 is 12.2 Å². The van der Waals surface area contributed by atoms with Crippen LogP contribution in [0.15, 0.2) is 52.1 Å². The number of amides is 1. The van der Waals surface area contributed by atoms with Gasteiger partial charge in [0.15, 0.2) is 11.5 Å². The summed E-state index contributed by atoms with van der Waals surface area (Å²) in [6.07, 6.45) is 2.23. The van der Waals surface area contributed by atoms with Gasteiger partial charge in [-0.25, -0.2) is 10.4 Å². The van der Waals surface area contributed by atoms with Crippen LogP contribution in [0.4, 0.5) is 0 Å². The summed E-state index contributed by atoms with van der Waals surface area (Å²) in [5.74, 6) is 2.57. The number of rotatable bonds is 9. The summed E-state index contributed by atoms with van der Waals surface area (Å²) in [7, 11) is 1.57. The van der Waals surface area contributed by atoms with E-state index in [4.69, 9.17) is 18.7 Å². The first kappa shape index (κ1) is 23.6. The van der Waals surface area contributed by atoms with Crippen LogP contribution in [0, 0.1) is 0 Å². The Hall–Kier alpha value is -4.12. The molecule has 1 amide bonds. The largest absolute Gasteiger partial charge is 0.494 e. The van der Waals surface area contributed by atoms with Crippen molar-refractivity contribution in [1.82, 2.24) is 25.6 Å². The molecule has 1 saturated heterocycles. The third-order valence-electron chi connectivity index (χ3n) is 6.02. The number of hydrogen-bond acceptors (Lipinski definition) is 10. The molecule has 0 radical (unpaired) electrons. The summed E-state index contributed by atoms with van der Waals surface area (Å²) in [6, 6.07) is 12.9. The molecule has 2 atom stereocenters. The van der Waals surface area contributed by atoms with E-state index in [1.54, 1.807) is 30.6 Å². The van der Waals surface area contributed by atoms with E-state index in [0.717, 1.165) is 11.3 Å². The van der Waals surface area contributed by atoms with E-state index in [0.29, 0.717) is 42.5 Å². The highest BCUT2D eigenvalue weighted by molar-refractivity contribution is 5.87. The molecule has 1 aromatic heterocycles. The van der Waals surface area contributed by atoms with Crippen LogP contribution in [0.2, 0.25) is 0 Å². The zero-order valence-electron chi connectivity index (χ0n) is 20.4. The molecule has 0 aliphatic carbocycles. The molecule has 0 saturated carbocycles. The van der Waals surface area contributed by atoms with Crippen LogP contribution in [0.3, 0.4) is 0 Å². The van der Waals surface area contributed by atoms with Crippen molar-refractivity contribution in [3.05, 3.63) is 53.9 Å². The van der Waals surface area contributed by atoms with Crippen LogP contribution in [-0.4, -0.2) is 58.8 Å². The monoisotopic (exact) mass is 492 g/mol. The van der Waals surface area contributed by atoms with Crippen LogP contribution >= 0.6 is 0 Å². The molecule has 0 bridgehead atoms. The molecule has 2 aromatic carbocycles. The molecular formula is C25H28N6O5. The number of benzene rings is 2. The van der Waals surface area contributed by atoms with Gasteiger partial charge in [0.25, 0.3) is 5.91 Å². The highest BCUT2D eigenvalue weighted by Crippen LogP contribution is 2.33. The Morgan fingerprint density at radius 3 is 2.64 bits per heavy atom. The van der Waals surface area contributed by atoms with Gasteiger partial charge in [0.2, 0.25) is 11.7 Å². The number of methoxy groups -OCH3 is 1. The Morgan fingerprint density at radius 2 is 1.89 bits per heavy atom.